The van der Waals surface area contributed by atoms with E-state index in [1.54, 1.807) is 0 Å². The first-order valence-corrected chi connectivity index (χ1v) is 39.6. The van der Waals surface area contributed by atoms with Crippen LogP contribution < -0.4 is 0 Å². The Balaban J connectivity index is 5.02. The van der Waals surface area contributed by atoms with Gasteiger partial charge < -0.3 is 33.8 Å². The van der Waals surface area contributed by atoms with Crippen LogP contribution in [0, 0.1) is 5.92 Å². The van der Waals surface area contributed by atoms with Crippen LogP contribution >= 0.6 is 15.6 Å². The summed E-state index contributed by atoms with van der Waals surface area (Å²) in [5.74, 6) is -1.35. The van der Waals surface area contributed by atoms with Gasteiger partial charge in [0.2, 0.25) is 0 Å². The highest BCUT2D eigenvalue weighted by Crippen LogP contribution is 2.45. The smallest absolute Gasteiger partial charge is 0.462 e. The predicted molar refractivity (Wildman–Crippen MR) is 358 cm³/mol. The maximum Gasteiger partial charge on any atom is 0.472 e. The molecule has 0 aromatic rings. The maximum atomic E-state index is 13.0. The SMILES string of the molecule is CCCCCCCCCCCCCCCCCCCCCCCCC(=O)O[C@H](COC(=O)CCCCCCCCCCCCCCCCC(C)C)COP(=O)(O)OC[C@@H](O)COP(=O)(O)OC[C@@H](COC(=O)CCCCCCC)OC(=O)CCCCCCC. The summed E-state index contributed by atoms with van der Waals surface area (Å²) in [5, 5.41) is 10.5. The predicted octanol–water partition coefficient (Wildman–Crippen LogP) is 20.1. The van der Waals surface area contributed by atoms with Gasteiger partial charge in [0.15, 0.2) is 12.2 Å². The Hall–Kier alpha value is -1.94. The summed E-state index contributed by atoms with van der Waals surface area (Å²) in [7, 11) is -9.87. The van der Waals surface area contributed by atoms with E-state index in [4.69, 9.17) is 37.0 Å². The van der Waals surface area contributed by atoms with Crippen LogP contribution in [0.25, 0.3) is 0 Å². The first kappa shape index (κ1) is 87.1. The van der Waals surface area contributed by atoms with Crippen LogP contribution in [0.5, 0.6) is 0 Å². The Morgan fingerprint density at radius 3 is 0.764 bits per heavy atom. The molecule has 0 heterocycles. The first-order chi connectivity index (χ1) is 43.0. The summed E-state index contributed by atoms with van der Waals surface area (Å²) in [5.41, 5.74) is 0. The number of hydrogen-bond acceptors (Lipinski definition) is 15. The van der Waals surface area contributed by atoms with E-state index in [-0.39, 0.29) is 25.7 Å². The standard InChI is InChI=1S/C70H136O17P2/c1-6-9-12-15-16-17-18-19-20-21-22-23-24-25-26-27-32-35-38-41-46-51-56-70(75)87-66(60-81-68(73)54-49-45-40-37-34-31-29-28-30-33-36-39-44-47-52-63(4)5)62-85-89(78,79)83-58-64(71)57-82-88(76,77)84-61-65(86-69(74)55-50-43-14-11-8-3)59-80-67(72)53-48-42-13-10-7-2/h63-66,71H,6-62H2,1-5H3,(H,76,77)(H,78,79)/t64-,65+,66+/m0/s1. The fourth-order valence-corrected chi connectivity index (χ4v) is 12.2. The molecule has 0 aromatic heterocycles. The van der Waals surface area contributed by atoms with Gasteiger partial charge in [-0.05, 0) is 31.6 Å². The van der Waals surface area contributed by atoms with E-state index in [0.29, 0.717) is 25.7 Å². The van der Waals surface area contributed by atoms with E-state index < -0.39 is 97.5 Å². The maximum absolute atomic E-state index is 13.0. The zero-order chi connectivity index (χ0) is 65.6. The monoisotopic (exact) mass is 1310 g/mol. The Labute approximate surface area is 543 Å². The van der Waals surface area contributed by atoms with Crippen molar-refractivity contribution in [2.24, 2.45) is 5.92 Å². The highest BCUT2D eigenvalue weighted by atomic mass is 31.2. The number of rotatable bonds is 70. The highest BCUT2D eigenvalue weighted by Gasteiger charge is 2.30. The molecule has 19 heteroatoms. The number of carbonyl (C=O) groups is 4. The van der Waals surface area contributed by atoms with Crippen molar-refractivity contribution in [3.63, 3.8) is 0 Å². The van der Waals surface area contributed by atoms with Gasteiger partial charge in [-0.1, -0.05) is 311 Å². The minimum atomic E-state index is -4.95. The molecule has 0 fully saturated rings. The van der Waals surface area contributed by atoms with Crippen molar-refractivity contribution in [1.82, 2.24) is 0 Å². The van der Waals surface area contributed by atoms with E-state index in [2.05, 4.69) is 34.6 Å². The topological polar surface area (TPSA) is 237 Å². The van der Waals surface area contributed by atoms with E-state index in [9.17, 15) is 43.2 Å². The third-order valence-electron chi connectivity index (χ3n) is 16.3. The van der Waals surface area contributed by atoms with Gasteiger partial charge in [-0.25, -0.2) is 9.13 Å². The van der Waals surface area contributed by atoms with Crippen LogP contribution in [0.4, 0.5) is 0 Å². The quantitative estimate of drug-likeness (QED) is 0.0222. The minimum absolute atomic E-state index is 0.0991. The number of phosphoric ester groups is 2. The van der Waals surface area contributed by atoms with Crippen LogP contribution in [-0.2, 0) is 65.4 Å². The van der Waals surface area contributed by atoms with Crippen LogP contribution in [0.1, 0.15) is 362 Å². The van der Waals surface area contributed by atoms with Crippen molar-refractivity contribution in [2.75, 3.05) is 39.6 Å². The van der Waals surface area contributed by atoms with Crippen molar-refractivity contribution in [1.29, 1.82) is 0 Å². The summed E-state index contributed by atoms with van der Waals surface area (Å²) in [6, 6.07) is 0. The van der Waals surface area contributed by atoms with Crippen LogP contribution in [0.2, 0.25) is 0 Å². The molecule has 3 N–H and O–H groups in total. The number of aliphatic hydroxyl groups is 1. The molecule has 0 radical (unpaired) electrons. The van der Waals surface area contributed by atoms with Crippen molar-refractivity contribution in [3.05, 3.63) is 0 Å². The van der Waals surface area contributed by atoms with Gasteiger partial charge >= 0.3 is 39.5 Å². The number of unbranched alkanes of at least 4 members (excludes halogenated alkanes) is 42. The second-order valence-corrected chi connectivity index (χ2v) is 28.7. The second-order valence-electron chi connectivity index (χ2n) is 25.7. The first-order valence-electron chi connectivity index (χ1n) is 36.6. The molecule has 2 unspecified atom stereocenters. The molecule has 0 aliphatic carbocycles. The lowest BCUT2D eigenvalue weighted by Gasteiger charge is -2.21. The summed E-state index contributed by atoms with van der Waals surface area (Å²) in [6.07, 6.45) is 51.1. The highest BCUT2D eigenvalue weighted by molar-refractivity contribution is 7.47. The molecule has 0 aliphatic heterocycles. The number of esters is 4. The molecule has 0 saturated heterocycles. The van der Waals surface area contributed by atoms with Gasteiger partial charge in [0.05, 0.1) is 26.4 Å². The molecule has 0 aromatic carbocycles. The Morgan fingerprint density at radius 1 is 0.303 bits per heavy atom. The molecule has 0 spiro atoms. The van der Waals surface area contributed by atoms with Crippen molar-refractivity contribution in [3.8, 4) is 0 Å². The molecule has 528 valence electrons. The lowest BCUT2D eigenvalue weighted by molar-refractivity contribution is -0.161. The van der Waals surface area contributed by atoms with Gasteiger partial charge in [-0.15, -0.1) is 0 Å². The lowest BCUT2D eigenvalue weighted by Crippen LogP contribution is -2.30. The third kappa shape index (κ3) is 64.6. The molecule has 0 saturated carbocycles. The number of carbonyl (C=O) groups excluding carboxylic acids is 4. The van der Waals surface area contributed by atoms with E-state index >= 15 is 0 Å². The van der Waals surface area contributed by atoms with E-state index in [0.717, 1.165) is 102 Å². The van der Waals surface area contributed by atoms with Crippen LogP contribution in [0.3, 0.4) is 0 Å². The summed E-state index contributed by atoms with van der Waals surface area (Å²) in [4.78, 5) is 71.9. The van der Waals surface area contributed by atoms with Crippen molar-refractivity contribution < 1.29 is 80.2 Å². The van der Waals surface area contributed by atoms with Gasteiger partial charge in [-0.3, -0.25) is 37.3 Å². The molecule has 0 aliphatic rings. The van der Waals surface area contributed by atoms with Gasteiger partial charge in [0.1, 0.15) is 19.3 Å². The molecule has 0 amide bonds. The van der Waals surface area contributed by atoms with E-state index in [1.165, 1.54) is 180 Å². The fourth-order valence-electron chi connectivity index (χ4n) is 10.6. The molecule has 5 atom stereocenters. The minimum Gasteiger partial charge on any atom is -0.462 e. The van der Waals surface area contributed by atoms with Crippen molar-refractivity contribution in [2.45, 2.75) is 380 Å². The lowest BCUT2D eigenvalue weighted by atomic mass is 10.0. The largest absolute Gasteiger partial charge is 0.472 e. The summed E-state index contributed by atoms with van der Waals surface area (Å²) >= 11 is 0. The Bertz CT molecular complexity index is 1720. The van der Waals surface area contributed by atoms with Gasteiger partial charge in [-0.2, -0.15) is 0 Å². The molecular weight excluding hydrogens is 1170 g/mol. The second kappa shape index (κ2) is 63.5. The number of aliphatic hydroxyl groups excluding tert-OH is 1. The molecule has 0 bridgehead atoms. The average molecular weight is 1310 g/mol. The number of phosphoric acid groups is 2. The molecule has 17 nitrogen and oxygen atoms in total. The van der Waals surface area contributed by atoms with Crippen LogP contribution in [0.15, 0.2) is 0 Å². The zero-order valence-corrected chi connectivity index (χ0v) is 59.4. The average Bonchev–Trinajstić information content (AvgIpc) is 3.64. The summed E-state index contributed by atoms with van der Waals surface area (Å²) < 4.78 is 67.8. The molecule has 0 rings (SSSR count). The molecule has 89 heavy (non-hydrogen) atoms. The Morgan fingerprint density at radius 2 is 0.517 bits per heavy atom. The van der Waals surface area contributed by atoms with Gasteiger partial charge in [0.25, 0.3) is 0 Å². The van der Waals surface area contributed by atoms with E-state index in [1.807, 2.05) is 0 Å². The fraction of sp³-hybridized carbons (Fsp3) is 0.943. The third-order valence-corrected chi connectivity index (χ3v) is 18.2. The molecular formula is C70H136O17P2. The normalized spacial score (nSPS) is 14.1. The Kier molecular flexibility index (Phi) is 62.1. The van der Waals surface area contributed by atoms with Crippen molar-refractivity contribution >= 4 is 39.5 Å². The van der Waals surface area contributed by atoms with Gasteiger partial charge in [0, 0.05) is 25.7 Å². The zero-order valence-electron chi connectivity index (χ0n) is 57.6. The number of hydrogen-bond donors (Lipinski definition) is 3. The van der Waals surface area contributed by atoms with Crippen LogP contribution in [-0.4, -0.2) is 96.7 Å². The summed E-state index contributed by atoms with van der Waals surface area (Å²) in [6.45, 7) is 7.07. The number of ether oxygens (including phenoxy) is 4.